The Morgan fingerprint density at radius 3 is 1.98 bits per heavy atom. The summed E-state index contributed by atoms with van der Waals surface area (Å²) in [6.45, 7) is 3.37. The number of carbonyl (C=O) groups excluding carboxylic acids is 5. The Morgan fingerprint density at radius 2 is 1.42 bits per heavy atom. The third-order valence-corrected chi connectivity index (χ3v) is 8.35. The number of hydrogen-bond acceptors (Lipinski definition) is 8. The van der Waals surface area contributed by atoms with E-state index < -0.39 is 64.1 Å². The lowest BCUT2D eigenvalue weighted by Crippen LogP contribution is -2.53. The van der Waals surface area contributed by atoms with Crippen molar-refractivity contribution in [3.05, 3.63) is 71.3 Å². The molecule has 14 heteroatoms. The maximum atomic E-state index is 13.9. The van der Waals surface area contributed by atoms with Crippen LogP contribution in [0.15, 0.2) is 54.6 Å². The summed E-state index contributed by atoms with van der Waals surface area (Å²) in [6.07, 6.45) is 1.34. The van der Waals surface area contributed by atoms with Gasteiger partial charge < -0.3 is 10.6 Å². The molecule has 1 heterocycles. The van der Waals surface area contributed by atoms with Crippen LogP contribution in [0.4, 0.5) is 0 Å². The maximum Gasteiger partial charge on any atom is 0.264 e. The van der Waals surface area contributed by atoms with Gasteiger partial charge in [-0.05, 0) is 42.9 Å². The van der Waals surface area contributed by atoms with Gasteiger partial charge in [0.1, 0.15) is 6.04 Å². The predicted octanol–water partition coefficient (Wildman–Crippen LogP) is 1.97. The van der Waals surface area contributed by atoms with Crippen molar-refractivity contribution < 1.29 is 42.2 Å². The van der Waals surface area contributed by atoms with E-state index in [9.17, 15) is 37.6 Å². The molecule has 3 rings (SSSR count). The second kappa shape index (κ2) is 16.3. The SMILES string of the molecule is CC(C)C[C@@H](C(=O)N[C@@H](Cc1ccccc1)C(=O)NCCCCCS(=O)(=O)O)C(CN1C(=O)c2ccccc2C1=O)C(=O)NO. The fourth-order valence-corrected chi connectivity index (χ4v) is 5.87. The summed E-state index contributed by atoms with van der Waals surface area (Å²) >= 11 is 0. The van der Waals surface area contributed by atoms with Crippen molar-refractivity contribution in [2.45, 2.75) is 52.0 Å². The summed E-state index contributed by atoms with van der Waals surface area (Å²) < 4.78 is 30.7. The molecule has 0 radical (unpaired) electrons. The molecule has 1 aliphatic rings. The van der Waals surface area contributed by atoms with Gasteiger partial charge in [0.25, 0.3) is 21.9 Å². The molecule has 45 heavy (non-hydrogen) atoms. The number of nitrogens with zero attached hydrogens (tertiary/aromatic N) is 1. The first-order valence-corrected chi connectivity index (χ1v) is 16.4. The molecule has 0 spiro atoms. The fourth-order valence-electron chi connectivity index (χ4n) is 5.30. The van der Waals surface area contributed by atoms with Crippen LogP contribution in [0, 0.1) is 17.8 Å². The molecular formula is C31H40N4O9S. The minimum Gasteiger partial charge on any atom is -0.354 e. The summed E-state index contributed by atoms with van der Waals surface area (Å²) in [7, 11) is -4.07. The van der Waals surface area contributed by atoms with Gasteiger partial charge in [-0.3, -0.25) is 38.6 Å². The summed E-state index contributed by atoms with van der Waals surface area (Å²) in [5, 5.41) is 15.1. The molecule has 2 aromatic carbocycles. The van der Waals surface area contributed by atoms with Gasteiger partial charge in [-0.25, -0.2) is 5.48 Å². The summed E-state index contributed by atoms with van der Waals surface area (Å²) in [5.74, 6) is -6.33. The van der Waals surface area contributed by atoms with Crippen LogP contribution in [0.5, 0.6) is 0 Å². The third-order valence-electron chi connectivity index (χ3n) is 7.55. The van der Waals surface area contributed by atoms with Crippen LogP contribution < -0.4 is 16.1 Å². The van der Waals surface area contributed by atoms with E-state index in [0.717, 1.165) is 10.5 Å². The zero-order valence-electron chi connectivity index (χ0n) is 25.3. The average Bonchev–Trinajstić information content (AvgIpc) is 3.24. The predicted molar refractivity (Wildman–Crippen MR) is 164 cm³/mol. The number of rotatable bonds is 17. The van der Waals surface area contributed by atoms with E-state index in [-0.39, 0.29) is 48.6 Å². The standard InChI is InChI=1S/C31H40N4O9S/c1-20(2)17-24(25(28(37)34-41)19-35-30(39)22-13-7-8-14-23(22)31(35)40)27(36)33-26(18-21-11-5-3-6-12-21)29(38)32-15-9-4-10-16-45(42,43)44/h3,5-8,11-14,20,24-26,41H,4,9-10,15-19H2,1-2H3,(H,32,38)(H,33,36)(H,34,37)(H,42,43,44)/t24-,25?,26+/m1/s1. The molecule has 0 aromatic heterocycles. The van der Waals surface area contributed by atoms with E-state index in [1.54, 1.807) is 47.9 Å². The Bertz CT molecular complexity index is 1450. The van der Waals surface area contributed by atoms with Gasteiger partial charge in [0.2, 0.25) is 17.7 Å². The van der Waals surface area contributed by atoms with Crippen LogP contribution in [0.1, 0.15) is 65.8 Å². The average molecular weight is 645 g/mol. The summed E-state index contributed by atoms with van der Waals surface area (Å²) in [4.78, 5) is 67.2. The molecule has 0 aliphatic carbocycles. The van der Waals surface area contributed by atoms with E-state index in [1.807, 2.05) is 13.8 Å². The van der Waals surface area contributed by atoms with Gasteiger partial charge in [-0.15, -0.1) is 0 Å². The molecule has 0 saturated carbocycles. The number of hydroxylamine groups is 1. The molecular weight excluding hydrogens is 604 g/mol. The summed E-state index contributed by atoms with van der Waals surface area (Å²) in [6, 6.07) is 14.1. The minimum absolute atomic E-state index is 0.116. The summed E-state index contributed by atoms with van der Waals surface area (Å²) in [5.41, 5.74) is 2.67. The molecule has 244 valence electrons. The molecule has 0 fully saturated rings. The number of hydrogen-bond donors (Lipinski definition) is 5. The van der Waals surface area contributed by atoms with Gasteiger partial charge in [0.15, 0.2) is 0 Å². The molecule has 0 bridgehead atoms. The van der Waals surface area contributed by atoms with Crippen molar-refractivity contribution in [3.8, 4) is 0 Å². The number of carbonyl (C=O) groups is 5. The maximum absolute atomic E-state index is 13.9. The number of nitrogens with one attached hydrogen (secondary N) is 3. The molecule has 5 amide bonds. The van der Waals surface area contributed by atoms with E-state index >= 15 is 0 Å². The highest BCUT2D eigenvalue weighted by Gasteiger charge is 2.42. The third kappa shape index (κ3) is 10.2. The largest absolute Gasteiger partial charge is 0.354 e. The van der Waals surface area contributed by atoms with E-state index in [4.69, 9.17) is 4.55 Å². The van der Waals surface area contributed by atoms with Crippen LogP contribution in [-0.4, -0.2) is 77.5 Å². The van der Waals surface area contributed by atoms with Crippen LogP contribution in [0.2, 0.25) is 0 Å². The van der Waals surface area contributed by atoms with Crippen LogP contribution in [0.25, 0.3) is 0 Å². The number of fused-ring (bicyclic) bond motifs is 1. The lowest BCUT2D eigenvalue weighted by Gasteiger charge is -2.30. The molecule has 2 aromatic rings. The van der Waals surface area contributed by atoms with Crippen LogP contribution >= 0.6 is 0 Å². The first-order valence-electron chi connectivity index (χ1n) is 14.8. The Hall–Kier alpha value is -4.14. The second-order valence-corrected chi connectivity index (χ2v) is 13.0. The van der Waals surface area contributed by atoms with Gasteiger partial charge in [-0.2, -0.15) is 8.42 Å². The van der Waals surface area contributed by atoms with Gasteiger partial charge in [0.05, 0.1) is 28.7 Å². The first kappa shape index (κ1) is 35.3. The van der Waals surface area contributed by atoms with Crippen LogP contribution in [0.3, 0.4) is 0 Å². The highest BCUT2D eigenvalue weighted by atomic mass is 32.2. The van der Waals surface area contributed by atoms with Crippen LogP contribution in [-0.2, 0) is 30.9 Å². The van der Waals surface area contributed by atoms with Gasteiger partial charge in [0, 0.05) is 19.5 Å². The minimum atomic E-state index is -4.07. The van der Waals surface area contributed by atoms with Crippen molar-refractivity contribution in [3.63, 3.8) is 0 Å². The molecule has 13 nitrogen and oxygen atoms in total. The Balaban J connectivity index is 1.80. The molecule has 3 atom stereocenters. The van der Waals surface area contributed by atoms with E-state index in [0.29, 0.717) is 12.8 Å². The zero-order chi connectivity index (χ0) is 33.1. The highest BCUT2D eigenvalue weighted by molar-refractivity contribution is 7.85. The van der Waals surface area contributed by atoms with Crippen molar-refractivity contribution in [2.75, 3.05) is 18.8 Å². The number of amides is 5. The molecule has 0 saturated heterocycles. The molecule has 1 unspecified atom stereocenters. The quantitative estimate of drug-likeness (QED) is 0.0562. The zero-order valence-corrected chi connectivity index (χ0v) is 26.1. The van der Waals surface area contributed by atoms with Crippen molar-refractivity contribution in [1.29, 1.82) is 0 Å². The van der Waals surface area contributed by atoms with E-state index in [2.05, 4.69) is 10.6 Å². The van der Waals surface area contributed by atoms with E-state index in [1.165, 1.54) is 12.1 Å². The normalized spacial score (nSPS) is 14.9. The monoisotopic (exact) mass is 644 g/mol. The number of imide groups is 1. The van der Waals surface area contributed by atoms with Crippen molar-refractivity contribution in [2.24, 2.45) is 17.8 Å². The Morgan fingerprint density at radius 1 is 0.822 bits per heavy atom. The number of benzene rings is 2. The lowest BCUT2D eigenvalue weighted by molar-refractivity contribution is -0.142. The fraction of sp³-hybridized carbons (Fsp3) is 0.452. The number of unbranched alkanes of at least 4 members (excludes halogenated alkanes) is 2. The molecule has 1 aliphatic heterocycles. The Labute approximate surface area is 262 Å². The van der Waals surface area contributed by atoms with Gasteiger partial charge >= 0.3 is 0 Å². The lowest BCUT2D eigenvalue weighted by atomic mass is 9.83. The van der Waals surface area contributed by atoms with Gasteiger partial charge in [-0.1, -0.05) is 62.7 Å². The smallest absolute Gasteiger partial charge is 0.264 e. The first-order chi connectivity index (χ1) is 21.3. The van der Waals surface area contributed by atoms with Crippen molar-refractivity contribution >= 4 is 39.7 Å². The topological polar surface area (TPSA) is 199 Å². The second-order valence-electron chi connectivity index (χ2n) is 11.5. The molecule has 5 N–H and O–H groups in total. The Kier molecular flexibility index (Phi) is 12.8. The highest BCUT2D eigenvalue weighted by Crippen LogP contribution is 2.28. The van der Waals surface area contributed by atoms with Crippen molar-refractivity contribution in [1.82, 2.24) is 21.0 Å².